The monoisotopic (exact) mass is 919 g/mol. The molecule has 1 aliphatic rings. The second-order valence-corrected chi connectivity index (χ2v) is 16.5. The van der Waals surface area contributed by atoms with Gasteiger partial charge in [-0.3, -0.25) is 33.6 Å². The largest absolute Gasteiger partial charge is 0.508 e. The van der Waals surface area contributed by atoms with E-state index in [1.54, 1.807) is 12.1 Å². The van der Waals surface area contributed by atoms with Gasteiger partial charge in [-0.1, -0.05) is 30.3 Å². The van der Waals surface area contributed by atoms with Crippen molar-refractivity contribution in [2.24, 2.45) is 5.73 Å². The molecule has 67 heavy (non-hydrogen) atoms. The molecule has 5 heterocycles. The molecule has 0 spiro atoms. The van der Waals surface area contributed by atoms with Crippen molar-refractivity contribution < 1.29 is 51.9 Å². The summed E-state index contributed by atoms with van der Waals surface area (Å²) in [5.41, 5.74) is 0.0467. The number of rotatable bonds is 12. The Labute approximate surface area is 381 Å². The number of benzene rings is 2. The fraction of sp³-hybridized carbons (Fsp3) is 0.333. The first-order valence-electron chi connectivity index (χ1n) is 21.1. The number of carbonyl (C=O) groups excluding carboxylic acids is 7. The van der Waals surface area contributed by atoms with Gasteiger partial charge in [0.15, 0.2) is 33.7 Å². The maximum absolute atomic E-state index is 14.4. The summed E-state index contributed by atoms with van der Waals surface area (Å²) in [5.74, 6) is -8.11. The van der Waals surface area contributed by atoms with Gasteiger partial charge in [0.25, 0.3) is 35.4 Å². The lowest BCUT2D eigenvalue weighted by molar-refractivity contribution is -0.128. The summed E-state index contributed by atoms with van der Waals surface area (Å²) in [7, 11) is 0. The highest BCUT2D eigenvalue weighted by molar-refractivity contribution is 6.02. The number of phenolic OH excluding ortho intramolecular Hbond substituents is 1. The van der Waals surface area contributed by atoms with E-state index in [1.165, 1.54) is 53.7 Å². The predicted octanol–water partition coefficient (Wildman–Crippen LogP) is 1.72. The molecule has 2 aromatic carbocycles. The van der Waals surface area contributed by atoms with Crippen molar-refractivity contribution in [2.75, 3.05) is 19.6 Å². The molecule has 6 bridgehead atoms. The van der Waals surface area contributed by atoms with Crippen LogP contribution in [0.2, 0.25) is 0 Å². The van der Waals surface area contributed by atoms with E-state index in [9.17, 15) is 38.7 Å². The van der Waals surface area contributed by atoms with Crippen LogP contribution in [0.5, 0.6) is 5.75 Å². The van der Waals surface area contributed by atoms with Crippen molar-refractivity contribution in [2.45, 2.75) is 77.4 Å². The quantitative estimate of drug-likeness (QED) is 0.0845. The van der Waals surface area contributed by atoms with Gasteiger partial charge in [-0.05, 0) is 83.7 Å². The third kappa shape index (κ3) is 9.31. The van der Waals surface area contributed by atoms with Crippen LogP contribution in [0.3, 0.4) is 0 Å². The normalized spacial score (nSPS) is 19.6. The minimum absolute atomic E-state index is 0.0312. The van der Waals surface area contributed by atoms with E-state index < -0.39 is 87.0 Å². The van der Waals surface area contributed by atoms with Gasteiger partial charge < -0.3 is 61.0 Å². The number of nitrogens with two attached hydrogens (primary N) is 1. The van der Waals surface area contributed by atoms with E-state index >= 15 is 0 Å². The highest BCUT2D eigenvalue weighted by Gasteiger charge is 2.49. The van der Waals surface area contributed by atoms with Crippen LogP contribution >= 0.6 is 0 Å². The Balaban J connectivity index is 1.31. The molecule has 0 radical (unpaired) electrons. The number of nitrogens with one attached hydrogen (secondary N) is 7. The van der Waals surface area contributed by atoms with Crippen LogP contribution in [-0.2, 0) is 48.6 Å². The molecule has 4 aromatic heterocycles. The van der Waals surface area contributed by atoms with Crippen molar-refractivity contribution in [3.05, 3.63) is 118 Å². The SMILES string of the molecule is Cc1oc2nc1C(=O)N[C@@](C)(C(=O)NCCc1c[nH]c3ccccc13)c1nc(c(C)o1)C(=O)N[C@@](C)(C(=O)NCCc1ccc(O)cc1)c1nc(c(C)o1)C(=O)N[C@@]2(C)C(=O)NCCC(N)=O. The van der Waals surface area contributed by atoms with Gasteiger partial charge in [-0.2, -0.15) is 0 Å². The Morgan fingerprint density at radius 1 is 0.627 bits per heavy atom. The first kappa shape index (κ1) is 46.7. The lowest BCUT2D eigenvalue weighted by Crippen LogP contribution is -2.56. The molecule has 0 saturated carbocycles. The molecule has 3 atom stereocenters. The molecule has 10 N–H and O–H groups in total. The summed E-state index contributed by atoms with van der Waals surface area (Å²) in [6.45, 7) is 7.76. The van der Waals surface area contributed by atoms with E-state index in [-0.39, 0.29) is 54.8 Å². The van der Waals surface area contributed by atoms with Gasteiger partial charge in [0.1, 0.15) is 23.0 Å². The minimum Gasteiger partial charge on any atom is -0.508 e. The summed E-state index contributed by atoms with van der Waals surface area (Å²) >= 11 is 0. The molecule has 0 unspecified atom stereocenters. The van der Waals surface area contributed by atoms with E-state index in [0.29, 0.717) is 12.8 Å². The summed E-state index contributed by atoms with van der Waals surface area (Å²) < 4.78 is 17.9. The van der Waals surface area contributed by atoms with Gasteiger partial charge in [-0.25, -0.2) is 15.0 Å². The van der Waals surface area contributed by atoms with Crippen LogP contribution in [0.25, 0.3) is 10.9 Å². The number of para-hydroxylation sites is 1. The Morgan fingerprint density at radius 3 is 1.49 bits per heavy atom. The summed E-state index contributed by atoms with van der Waals surface area (Å²) in [5, 5.41) is 26.5. The smallest absolute Gasteiger partial charge is 0.274 e. The lowest BCUT2D eigenvalue weighted by Gasteiger charge is -2.27. The number of hydrogen-bond acceptors (Lipinski definition) is 14. The molecule has 6 aromatic rings. The number of aromatic nitrogens is 4. The molecule has 0 fully saturated rings. The number of primary amides is 1. The second-order valence-electron chi connectivity index (χ2n) is 16.5. The van der Waals surface area contributed by atoms with Crippen LogP contribution in [0.4, 0.5) is 0 Å². The lowest BCUT2D eigenvalue weighted by atomic mass is 9.99. The van der Waals surface area contributed by atoms with Crippen molar-refractivity contribution in [3.63, 3.8) is 0 Å². The third-order valence-corrected chi connectivity index (χ3v) is 11.4. The molecule has 1 aliphatic heterocycles. The van der Waals surface area contributed by atoms with Gasteiger partial charge >= 0.3 is 0 Å². The number of fused-ring (bicyclic) bond motifs is 7. The highest BCUT2D eigenvalue weighted by atomic mass is 16.4. The molecule has 7 amide bonds. The van der Waals surface area contributed by atoms with Crippen LogP contribution in [0, 0.1) is 20.8 Å². The first-order valence-corrected chi connectivity index (χ1v) is 21.1. The van der Waals surface area contributed by atoms with E-state index in [4.69, 9.17) is 19.0 Å². The van der Waals surface area contributed by atoms with Crippen LogP contribution in [0.1, 0.15) is 105 Å². The topological polar surface area (TPSA) is 332 Å². The van der Waals surface area contributed by atoms with Gasteiger partial charge in [0, 0.05) is 43.2 Å². The van der Waals surface area contributed by atoms with Gasteiger partial charge in [0.05, 0.1) is 0 Å². The molecule has 350 valence electrons. The maximum Gasteiger partial charge on any atom is 0.274 e. The molecular formula is C45H49N11O11. The van der Waals surface area contributed by atoms with Crippen molar-refractivity contribution >= 4 is 52.3 Å². The van der Waals surface area contributed by atoms with Gasteiger partial charge in [-0.15, -0.1) is 0 Å². The van der Waals surface area contributed by atoms with Crippen LogP contribution in [0.15, 0.2) is 68.0 Å². The van der Waals surface area contributed by atoms with Crippen molar-refractivity contribution in [1.29, 1.82) is 0 Å². The fourth-order valence-corrected chi connectivity index (χ4v) is 7.41. The number of hydrogen-bond donors (Lipinski definition) is 9. The average molecular weight is 920 g/mol. The zero-order valence-corrected chi connectivity index (χ0v) is 37.4. The minimum atomic E-state index is -2.24. The van der Waals surface area contributed by atoms with Gasteiger partial charge in [0.2, 0.25) is 23.6 Å². The number of H-pyrrole nitrogens is 1. The summed E-state index contributed by atoms with van der Waals surface area (Å²) in [4.78, 5) is 114. The Morgan fingerprint density at radius 2 is 1.04 bits per heavy atom. The molecule has 0 saturated heterocycles. The Bertz CT molecular complexity index is 2930. The second kappa shape index (κ2) is 18.3. The molecule has 22 heteroatoms. The average Bonchev–Trinajstić information content (AvgIpc) is 4.09. The van der Waals surface area contributed by atoms with E-state index in [2.05, 4.69) is 51.8 Å². The first-order chi connectivity index (χ1) is 31.7. The zero-order chi connectivity index (χ0) is 48.4. The van der Waals surface area contributed by atoms with Crippen LogP contribution in [-0.4, -0.2) is 86.0 Å². The zero-order valence-electron chi connectivity index (χ0n) is 37.4. The molecule has 7 rings (SSSR count). The maximum atomic E-state index is 14.4. The van der Waals surface area contributed by atoms with Crippen LogP contribution < -0.4 is 37.6 Å². The number of aromatic hydroxyl groups is 1. The van der Waals surface area contributed by atoms with E-state index in [1.807, 2.05) is 30.5 Å². The highest BCUT2D eigenvalue weighted by Crippen LogP contribution is 2.30. The Hall–Kier alpha value is -8.30. The Kier molecular flexibility index (Phi) is 12.7. The van der Waals surface area contributed by atoms with Crippen molar-refractivity contribution in [1.82, 2.24) is 51.8 Å². The number of phenols is 1. The molecular weight excluding hydrogens is 871 g/mol. The summed E-state index contributed by atoms with van der Waals surface area (Å²) in [6, 6.07) is 13.9. The number of oxazole rings is 3. The fourth-order valence-electron chi connectivity index (χ4n) is 7.41. The molecule has 22 nitrogen and oxygen atoms in total. The summed E-state index contributed by atoms with van der Waals surface area (Å²) in [6.07, 6.45) is 2.22. The number of amides is 7. The predicted molar refractivity (Wildman–Crippen MR) is 235 cm³/mol. The number of nitrogens with zero attached hydrogens (tertiary/aromatic N) is 3. The standard InChI is InChI=1S/C45H49N11O11/c1-22-33-36(61)56-45(6,39(64)49-20-17-30(46)58)42-53-32(24(3)67-42)35(60)55-44(5,38(63)48-19-16-26-21-50-29-10-8-7-9-28(26)29)41-52-31(23(2)66-41)34(59)54-43(4,40(51-33)65-22)37(62)47-18-15-25-11-13-27(57)14-12-25/h7-14,21,50,57H,15-20H2,1-6H3,(H2,46,58)(H,47,62)(H,48,63)(H,49,64)(H,54,59)(H,55,60)(H,56,61)/t43-,44-,45-/m0/s1. The van der Waals surface area contributed by atoms with Crippen molar-refractivity contribution in [3.8, 4) is 5.75 Å². The third-order valence-electron chi connectivity index (χ3n) is 11.4. The molecule has 0 aliphatic carbocycles. The van der Waals surface area contributed by atoms with E-state index in [0.717, 1.165) is 22.0 Å². The number of carbonyl (C=O) groups is 7. The number of aryl methyl sites for hydroxylation is 3. The number of aromatic amines is 1.